The number of nitrogens with one attached hydrogen (secondary N) is 2. The zero-order valence-corrected chi connectivity index (χ0v) is 16.0. The molecular formula is C17H37N5O. The predicted octanol–water partition coefficient (Wildman–Crippen LogP) is 0.850. The van der Waals surface area contributed by atoms with E-state index < -0.39 is 0 Å². The molecule has 1 aliphatic rings. The molecule has 23 heavy (non-hydrogen) atoms. The van der Waals surface area contributed by atoms with Gasteiger partial charge in [-0.15, -0.1) is 0 Å². The fourth-order valence-electron chi connectivity index (χ4n) is 2.48. The second-order valence-corrected chi connectivity index (χ2v) is 7.25. The van der Waals surface area contributed by atoms with E-state index in [0.29, 0.717) is 12.5 Å². The molecular weight excluding hydrogens is 290 g/mol. The van der Waals surface area contributed by atoms with Gasteiger partial charge in [0.05, 0.1) is 12.1 Å². The molecule has 0 spiro atoms. The van der Waals surface area contributed by atoms with Crippen molar-refractivity contribution in [1.82, 2.24) is 20.4 Å². The zero-order chi connectivity index (χ0) is 17.3. The van der Waals surface area contributed by atoms with Crippen molar-refractivity contribution in [1.29, 1.82) is 0 Å². The number of ether oxygens (including phenoxy) is 1. The molecule has 0 bridgehead atoms. The van der Waals surface area contributed by atoms with E-state index in [9.17, 15) is 0 Å². The summed E-state index contributed by atoms with van der Waals surface area (Å²) in [6.45, 7) is 16.8. The lowest BCUT2D eigenvalue weighted by molar-refractivity contribution is 0.0310. The van der Waals surface area contributed by atoms with Crippen LogP contribution >= 0.6 is 0 Å². The molecule has 1 rings (SSSR count). The van der Waals surface area contributed by atoms with Gasteiger partial charge in [-0.05, 0) is 33.7 Å². The minimum absolute atomic E-state index is 0.228. The van der Waals surface area contributed by atoms with Gasteiger partial charge >= 0.3 is 0 Å². The Kier molecular flexibility index (Phi) is 8.87. The summed E-state index contributed by atoms with van der Waals surface area (Å²) in [6, 6.07) is 0. The summed E-state index contributed by atoms with van der Waals surface area (Å²) in [4.78, 5) is 9.59. The van der Waals surface area contributed by atoms with Crippen LogP contribution in [0, 0.1) is 5.92 Å². The number of likely N-dealkylation sites (N-methyl/N-ethyl adjacent to an activating group) is 1. The molecule has 1 heterocycles. The molecule has 0 aromatic carbocycles. The average molecular weight is 328 g/mol. The zero-order valence-electron chi connectivity index (χ0n) is 16.0. The minimum Gasteiger partial charge on any atom is -0.377 e. The van der Waals surface area contributed by atoms with E-state index in [-0.39, 0.29) is 5.60 Å². The van der Waals surface area contributed by atoms with Gasteiger partial charge in [-0.1, -0.05) is 6.92 Å². The highest BCUT2D eigenvalue weighted by molar-refractivity contribution is 5.79. The fourth-order valence-corrected chi connectivity index (χ4v) is 2.48. The number of methoxy groups -OCH3 is 1. The van der Waals surface area contributed by atoms with Crippen LogP contribution in [0.1, 0.15) is 27.7 Å². The Morgan fingerprint density at radius 3 is 2.43 bits per heavy atom. The molecule has 6 heteroatoms. The summed E-state index contributed by atoms with van der Waals surface area (Å²) in [5, 5.41) is 6.77. The Labute approximate surface area is 142 Å². The summed E-state index contributed by atoms with van der Waals surface area (Å²) < 4.78 is 5.43. The average Bonchev–Trinajstić information content (AvgIpc) is 2.52. The Bertz CT molecular complexity index is 351. The maximum absolute atomic E-state index is 5.43. The smallest absolute Gasteiger partial charge is 0.191 e. The monoisotopic (exact) mass is 327 g/mol. The number of nitrogens with zero attached hydrogens (tertiary/aromatic N) is 3. The molecule has 0 radical (unpaired) electrons. The van der Waals surface area contributed by atoms with Crippen LogP contribution in [0.5, 0.6) is 0 Å². The lowest BCUT2D eigenvalue weighted by Gasteiger charge is -2.34. The molecule has 1 unspecified atom stereocenters. The first-order valence-electron chi connectivity index (χ1n) is 8.84. The van der Waals surface area contributed by atoms with Crippen molar-refractivity contribution >= 4 is 5.96 Å². The third-order valence-electron chi connectivity index (χ3n) is 4.30. The van der Waals surface area contributed by atoms with Crippen LogP contribution in [-0.2, 0) is 4.74 Å². The van der Waals surface area contributed by atoms with Gasteiger partial charge in [0, 0.05) is 52.9 Å². The lowest BCUT2D eigenvalue weighted by atomic mass is 10.1. The van der Waals surface area contributed by atoms with Gasteiger partial charge in [0.15, 0.2) is 5.96 Å². The van der Waals surface area contributed by atoms with Gasteiger partial charge in [0.2, 0.25) is 0 Å². The van der Waals surface area contributed by atoms with Gasteiger partial charge in [-0.2, -0.15) is 0 Å². The minimum atomic E-state index is -0.228. The van der Waals surface area contributed by atoms with E-state index in [1.54, 1.807) is 7.11 Å². The molecule has 0 saturated carbocycles. The van der Waals surface area contributed by atoms with E-state index in [1.807, 2.05) is 0 Å². The van der Waals surface area contributed by atoms with Crippen molar-refractivity contribution in [2.45, 2.75) is 33.3 Å². The molecule has 1 aliphatic heterocycles. The third kappa shape index (κ3) is 8.53. The molecule has 0 aromatic heterocycles. The molecule has 0 aliphatic carbocycles. The van der Waals surface area contributed by atoms with Crippen molar-refractivity contribution < 1.29 is 4.74 Å². The maximum atomic E-state index is 5.43. The van der Waals surface area contributed by atoms with Crippen LogP contribution in [0.25, 0.3) is 0 Å². The predicted molar refractivity (Wildman–Crippen MR) is 98.2 cm³/mol. The van der Waals surface area contributed by atoms with Crippen LogP contribution in [0.3, 0.4) is 0 Å². The molecule has 1 atom stereocenters. The van der Waals surface area contributed by atoms with Crippen LogP contribution in [-0.4, -0.2) is 87.9 Å². The number of guanidine groups is 1. The van der Waals surface area contributed by atoms with Gasteiger partial charge in [0.1, 0.15) is 0 Å². The van der Waals surface area contributed by atoms with Crippen molar-refractivity contribution in [3.05, 3.63) is 0 Å². The van der Waals surface area contributed by atoms with Crippen molar-refractivity contribution in [3.8, 4) is 0 Å². The number of rotatable bonds is 8. The first-order valence-corrected chi connectivity index (χ1v) is 8.84. The molecule has 1 fully saturated rings. The third-order valence-corrected chi connectivity index (χ3v) is 4.30. The number of hydrogen-bond donors (Lipinski definition) is 2. The Balaban J connectivity index is 2.37. The Morgan fingerprint density at radius 1 is 1.22 bits per heavy atom. The highest BCUT2D eigenvalue weighted by atomic mass is 16.5. The van der Waals surface area contributed by atoms with E-state index in [2.05, 4.69) is 60.2 Å². The van der Waals surface area contributed by atoms with Crippen LogP contribution in [0.2, 0.25) is 0 Å². The molecule has 2 N–H and O–H groups in total. The van der Waals surface area contributed by atoms with Gasteiger partial charge in [-0.25, -0.2) is 0 Å². The van der Waals surface area contributed by atoms with Crippen molar-refractivity contribution in [3.63, 3.8) is 0 Å². The second kappa shape index (κ2) is 10.1. The quantitative estimate of drug-likeness (QED) is 0.511. The second-order valence-electron chi connectivity index (χ2n) is 7.25. The summed E-state index contributed by atoms with van der Waals surface area (Å²) in [5.41, 5.74) is -0.228. The molecule has 1 saturated heterocycles. The van der Waals surface area contributed by atoms with Gasteiger partial charge < -0.3 is 25.2 Å². The van der Waals surface area contributed by atoms with E-state index in [0.717, 1.165) is 25.6 Å². The van der Waals surface area contributed by atoms with E-state index >= 15 is 0 Å². The molecule has 6 nitrogen and oxygen atoms in total. The maximum Gasteiger partial charge on any atom is 0.191 e. The number of piperazine rings is 1. The van der Waals surface area contributed by atoms with Gasteiger partial charge in [0.25, 0.3) is 0 Å². The largest absolute Gasteiger partial charge is 0.377 e. The molecule has 136 valence electrons. The summed E-state index contributed by atoms with van der Waals surface area (Å²) in [5.74, 6) is 1.47. The summed E-state index contributed by atoms with van der Waals surface area (Å²) in [7, 11) is 3.93. The van der Waals surface area contributed by atoms with Crippen molar-refractivity contribution in [2.24, 2.45) is 10.9 Å². The Hall–Kier alpha value is -0.850. The SMILES string of the molecule is CCNC(=NCC(C)(C)OC)NCC(C)CN1CCN(C)CC1. The normalized spacial score (nSPS) is 19.7. The standard InChI is InChI=1S/C17H37N5O/c1-7-18-16(20-14-17(3,4)23-6)19-12-15(2)13-22-10-8-21(5)9-11-22/h15H,7-14H2,1-6H3,(H2,18,19,20). The highest BCUT2D eigenvalue weighted by Crippen LogP contribution is 2.07. The van der Waals surface area contributed by atoms with Crippen molar-refractivity contribution in [2.75, 3.05) is 66.5 Å². The lowest BCUT2D eigenvalue weighted by Crippen LogP contribution is -2.47. The van der Waals surface area contributed by atoms with E-state index in [1.165, 1.54) is 26.2 Å². The van der Waals surface area contributed by atoms with Crippen LogP contribution < -0.4 is 10.6 Å². The number of hydrogen-bond acceptors (Lipinski definition) is 4. The van der Waals surface area contributed by atoms with Crippen LogP contribution in [0.4, 0.5) is 0 Å². The summed E-state index contributed by atoms with van der Waals surface area (Å²) >= 11 is 0. The summed E-state index contributed by atoms with van der Waals surface area (Å²) in [6.07, 6.45) is 0. The fraction of sp³-hybridized carbons (Fsp3) is 0.941. The number of aliphatic imine (C=N–C) groups is 1. The van der Waals surface area contributed by atoms with E-state index in [4.69, 9.17) is 4.74 Å². The highest BCUT2D eigenvalue weighted by Gasteiger charge is 2.17. The molecule has 0 aromatic rings. The van der Waals surface area contributed by atoms with Gasteiger partial charge in [-0.3, -0.25) is 4.99 Å². The Morgan fingerprint density at radius 2 is 1.87 bits per heavy atom. The first kappa shape index (κ1) is 20.2. The molecule has 0 amide bonds. The topological polar surface area (TPSA) is 52.1 Å². The van der Waals surface area contributed by atoms with Crippen LogP contribution in [0.15, 0.2) is 4.99 Å². The first-order chi connectivity index (χ1) is 10.9.